The van der Waals surface area contributed by atoms with E-state index in [9.17, 15) is 4.79 Å². The highest BCUT2D eigenvalue weighted by atomic mass is 16.5. The van der Waals surface area contributed by atoms with Gasteiger partial charge in [-0.1, -0.05) is 72.3 Å². The van der Waals surface area contributed by atoms with Crippen molar-refractivity contribution in [3.63, 3.8) is 0 Å². The first-order valence-corrected chi connectivity index (χ1v) is 9.61. The number of carbonyl (C=O) groups excluding carboxylic acids is 1. The molecule has 0 aliphatic carbocycles. The van der Waals surface area contributed by atoms with Gasteiger partial charge in [-0.15, -0.1) is 0 Å². The first kappa shape index (κ1) is 19.7. The van der Waals surface area contributed by atoms with Gasteiger partial charge in [-0.25, -0.2) is 0 Å². The number of methoxy groups -OCH3 is 1. The second kappa shape index (κ2) is 9.23. The molecule has 0 heterocycles. The zero-order chi connectivity index (χ0) is 19.9. The van der Waals surface area contributed by atoms with Crippen molar-refractivity contribution >= 4 is 5.91 Å². The number of benzene rings is 3. The van der Waals surface area contributed by atoms with Crippen LogP contribution in [0.4, 0.5) is 0 Å². The van der Waals surface area contributed by atoms with Crippen molar-refractivity contribution in [2.75, 3.05) is 7.11 Å². The lowest BCUT2D eigenvalue weighted by molar-refractivity contribution is -0.121. The molecule has 0 aromatic heterocycles. The van der Waals surface area contributed by atoms with E-state index in [0.29, 0.717) is 12.8 Å². The number of hydrogen-bond donors (Lipinski definition) is 1. The molecule has 0 radical (unpaired) electrons. The molecule has 0 aliphatic rings. The van der Waals surface area contributed by atoms with E-state index in [-0.39, 0.29) is 11.9 Å². The Morgan fingerprint density at radius 1 is 0.929 bits per heavy atom. The molecular formula is C25H27NO2. The predicted octanol–water partition coefficient (Wildman–Crippen LogP) is 5.15. The van der Waals surface area contributed by atoms with Crippen LogP contribution in [0.15, 0.2) is 72.8 Å². The van der Waals surface area contributed by atoms with Gasteiger partial charge in [-0.05, 0) is 48.6 Å². The van der Waals surface area contributed by atoms with Crippen molar-refractivity contribution in [2.24, 2.45) is 0 Å². The summed E-state index contributed by atoms with van der Waals surface area (Å²) in [6.07, 6.45) is 1.15. The van der Waals surface area contributed by atoms with Crippen LogP contribution in [0.5, 0.6) is 5.75 Å². The summed E-state index contributed by atoms with van der Waals surface area (Å²) >= 11 is 0. The van der Waals surface area contributed by atoms with Crippen molar-refractivity contribution in [1.29, 1.82) is 0 Å². The predicted molar refractivity (Wildman–Crippen MR) is 114 cm³/mol. The smallest absolute Gasteiger partial charge is 0.221 e. The average molecular weight is 373 g/mol. The molecule has 1 atom stereocenters. The van der Waals surface area contributed by atoms with Crippen LogP contribution in [-0.2, 0) is 11.2 Å². The van der Waals surface area contributed by atoms with E-state index in [4.69, 9.17) is 4.74 Å². The molecule has 28 heavy (non-hydrogen) atoms. The van der Waals surface area contributed by atoms with Crippen LogP contribution >= 0.6 is 0 Å². The summed E-state index contributed by atoms with van der Waals surface area (Å²) < 4.78 is 5.31. The molecule has 3 rings (SSSR count). The third kappa shape index (κ3) is 5.01. The standard InChI is InChI=1S/C25H27NO2/c1-18-8-7-11-22(16-18)25(21-9-5-4-6-10-21)26-24(27)15-13-20-12-14-23(28-3)19(2)17-20/h4-12,14,16-17,25H,13,15H2,1-3H3,(H,26,27)/t25-/m1/s1. The molecule has 3 aromatic rings. The van der Waals surface area contributed by atoms with Gasteiger partial charge in [0.1, 0.15) is 5.75 Å². The quantitative estimate of drug-likeness (QED) is 0.622. The number of ether oxygens (including phenoxy) is 1. The number of aryl methyl sites for hydroxylation is 3. The van der Waals surface area contributed by atoms with E-state index >= 15 is 0 Å². The summed E-state index contributed by atoms with van der Waals surface area (Å²) in [6.45, 7) is 4.09. The van der Waals surface area contributed by atoms with Crippen LogP contribution in [0.25, 0.3) is 0 Å². The minimum absolute atomic E-state index is 0.0452. The van der Waals surface area contributed by atoms with E-state index < -0.39 is 0 Å². The average Bonchev–Trinajstić information content (AvgIpc) is 2.71. The highest BCUT2D eigenvalue weighted by Crippen LogP contribution is 2.23. The third-order valence-electron chi connectivity index (χ3n) is 4.91. The minimum atomic E-state index is -0.147. The zero-order valence-electron chi connectivity index (χ0n) is 16.7. The zero-order valence-corrected chi connectivity index (χ0v) is 16.7. The Labute approximate surface area is 167 Å². The van der Waals surface area contributed by atoms with Gasteiger partial charge in [0, 0.05) is 6.42 Å². The van der Waals surface area contributed by atoms with Gasteiger partial charge in [0.15, 0.2) is 0 Å². The first-order chi connectivity index (χ1) is 13.6. The number of rotatable bonds is 7. The van der Waals surface area contributed by atoms with Gasteiger partial charge in [0.2, 0.25) is 5.91 Å². The Balaban J connectivity index is 1.72. The molecule has 1 amide bonds. The number of amides is 1. The Morgan fingerprint density at radius 3 is 2.36 bits per heavy atom. The summed E-state index contributed by atoms with van der Waals surface area (Å²) in [5, 5.41) is 3.22. The Bertz CT molecular complexity index is 934. The maximum atomic E-state index is 12.7. The first-order valence-electron chi connectivity index (χ1n) is 9.61. The molecule has 3 aromatic carbocycles. The van der Waals surface area contributed by atoms with Gasteiger partial charge in [0.05, 0.1) is 13.2 Å². The van der Waals surface area contributed by atoms with Gasteiger partial charge < -0.3 is 10.1 Å². The highest BCUT2D eigenvalue weighted by molar-refractivity contribution is 5.77. The monoisotopic (exact) mass is 373 g/mol. The van der Waals surface area contributed by atoms with Gasteiger partial charge >= 0.3 is 0 Å². The summed E-state index contributed by atoms with van der Waals surface area (Å²) in [7, 11) is 1.67. The lowest BCUT2D eigenvalue weighted by atomic mass is 9.97. The SMILES string of the molecule is COc1ccc(CCC(=O)N[C@H](c2ccccc2)c2cccc(C)c2)cc1C. The number of hydrogen-bond acceptors (Lipinski definition) is 2. The van der Waals surface area contributed by atoms with Crippen LogP contribution in [-0.4, -0.2) is 13.0 Å². The molecule has 0 saturated carbocycles. The summed E-state index contributed by atoms with van der Waals surface area (Å²) in [4.78, 5) is 12.7. The second-order valence-electron chi connectivity index (χ2n) is 7.13. The molecule has 0 aliphatic heterocycles. The molecule has 0 bridgehead atoms. The van der Waals surface area contributed by atoms with Crippen molar-refractivity contribution in [2.45, 2.75) is 32.7 Å². The topological polar surface area (TPSA) is 38.3 Å². The normalized spacial score (nSPS) is 11.7. The Morgan fingerprint density at radius 2 is 1.68 bits per heavy atom. The van der Waals surface area contributed by atoms with Crippen molar-refractivity contribution in [3.8, 4) is 5.75 Å². The molecule has 0 spiro atoms. The second-order valence-corrected chi connectivity index (χ2v) is 7.13. The molecule has 0 fully saturated rings. The van der Waals surface area contributed by atoms with Crippen molar-refractivity contribution in [3.05, 3.63) is 101 Å². The third-order valence-corrected chi connectivity index (χ3v) is 4.91. The molecule has 3 nitrogen and oxygen atoms in total. The maximum Gasteiger partial charge on any atom is 0.221 e. The van der Waals surface area contributed by atoms with Crippen LogP contribution in [0, 0.1) is 13.8 Å². The van der Waals surface area contributed by atoms with Crippen LogP contribution < -0.4 is 10.1 Å². The fourth-order valence-electron chi connectivity index (χ4n) is 3.44. The van der Waals surface area contributed by atoms with Gasteiger partial charge in [0.25, 0.3) is 0 Å². The van der Waals surface area contributed by atoms with E-state index in [2.05, 4.69) is 48.6 Å². The van der Waals surface area contributed by atoms with Crippen molar-refractivity contribution in [1.82, 2.24) is 5.32 Å². The lowest BCUT2D eigenvalue weighted by Gasteiger charge is -2.20. The summed E-state index contributed by atoms with van der Waals surface area (Å²) in [6, 6.07) is 24.3. The summed E-state index contributed by atoms with van der Waals surface area (Å²) in [5.41, 5.74) is 5.59. The molecule has 0 saturated heterocycles. The van der Waals surface area contributed by atoms with Crippen LogP contribution in [0.3, 0.4) is 0 Å². The Kier molecular flexibility index (Phi) is 6.49. The number of carbonyl (C=O) groups is 1. The highest BCUT2D eigenvalue weighted by Gasteiger charge is 2.17. The molecule has 3 heteroatoms. The summed E-state index contributed by atoms with van der Waals surface area (Å²) in [5.74, 6) is 0.917. The van der Waals surface area contributed by atoms with E-state index in [0.717, 1.165) is 28.0 Å². The minimum Gasteiger partial charge on any atom is -0.496 e. The number of nitrogens with one attached hydrogen (secondary N) is 1. The van der Waals surface area contributed by atoms with Gasteiger partial charge in [-0.3, -0.25) is 4.79 Å². The Hall–Kier alpha value is -3.07. The molecular weight excluding hydrogens is 346 g/mol. The van der Waals surface area contributed by atoms with Gasteiger partial charge in [-0.2, -0.15) is 0 Å². The molecule has 0 unspecified atom stereocenters. The van der Waals surface area contributed by atoms with E-state index in [1.807, 2.05) is 43.3 Å². The maximum absolute atomic E-state index is 12.7. The molecule has 144 valence electrons. The largest absolute Gasteiger partial charge is 0.496 e. The molecule has 1 N–H and O–H groups in total. The van der Waals surface area contributed by atoms with Crippen molar-refractivity contribution < 1.29 is 9.53 Å². The van der Waals surface area contributed by atoms with Crippen LogP contribution in [0.1, 0.15) is 40.3 Å². The fraction of sp³-hybridized carbons (Fsp3) is 0.240. The van der Waals surface area contributed by atoms with E-state index in [1.165, 1.54) is 5.56 Å². The fourth-order valence-corrected chi connectivity index (χ4v) is 3.44. The van der Waals surface area contributed by atoms with Crippen LogP contribution in [0.2, 0.25) is 0 Å². The van der Waals surface area contributed by atoms with E-state index in [1.54, 1.807) is 7.11 Å². The lowest BCUT2D eigenvalue weighted by Crippen LogP contribution is -2.29.